The number of nitrogens with two attached hydrogens (primary N) is 1. The van der Waals surface area contributed by atoms with Crippen LogP contribution in [0.2, 0.25) is 0 Å². The van der Waals surface area contributed by atoms with Gasteiger partial charge in [0.2, 0.25) is 0 Å². The highest BCUT2D eigenvalue weighted by atomic mass is 16.1. The number of pyridine rings is 1. The summed E-state index contributed by atoms with van der Waals surface area (Å²) in [6.45, 7) is 4.19. The lowest BCUT2D eigenvalue weighted by molar-refractivity contribution is 0.0995. The molecule has 0 bridgehead atoms. The minimum atomic E-state index is -0.489. The molecule has 0 aliphatic heterocycles. The summed E-state index contributed by atoms with van der Waals surface area (Å²) in [4.78, 5) is 15.0. The van der Waals surface area contributed by atoms with E-state index in [2.05, 4.69) is 37.0 Å². The Hall–Kier alpha value is -2.16. The van der Waals surface area contributed by atoms with Gasteiger partial charge in [0.15, 0.2) is 0 Å². The lowest BCUT2D eigenvalue weighted by Gasteiger charge is -2.06. The number of hydrogen-bond acceptors (Lipinski definition) is 2. The van der Waals surface area contributed by atoms with Gasteiger partial charge in [-0.3, -0.25) is 9.78 Å². The SMILES string of the molecule is Cc1ccc(Cc2ccnc(C(N)=O)c2)cc1C. The topological polar surface area (TPSA) is 56.0 Å². The van der Waals surface area contributed by atoms with Crippen molar-refractivity contribution in [2.75, 3.05) is 0 Å². The average Bonchev–Trinajstić information content (AvgIpc) is 2.34. The Morgan fingerprint density at radius 3 is 2.50 bits per heavy atom. The van der Waals surface area contributed by atoms with E-state index in [0.717, 1.165) is 12.0 Å². The van der Waals surface area contributed by atoms with E-state index < -0.39 is 5.91 Å². The average molecular weight is 240 g/mol. The van der Waals surface area contributed by atoms with Crippen LogP contribution >= 0.6 is 0 Å². The van der Waals surface area contributed by atoms with E-state index >= 15 is 0 Å². The molecule has 0 fully saturated rings. The highest BCUT2D eigenvalue weighted by molar-refractivity contribution is 5.90. The van der Waals surface area contributed by atoms with Crippen LogP contribution in [0, 0.1) is 13.8 Å². The van der Waals surface area contributed by atoms with Gasteiger partial charge in [-0.1, -0.05) is 18.2 Å². The van der Waals surface area contributed by atoms with Crippen molar-refractivity contribution in [2.45, 2.75) is 20.3 Å². The number of primary amides is 1. The van der Waals surface area contributed by atoms with Gasteiger partial charge in [0.05, 0.1) is 0 Å². The molecule has 0 aliphatic carbocycles. The lowest BCUT2D eigenvalue weighted by atomic mass is 10.0. The summed E-state index contributed by atoms with van der Waals surface area (Å²) in [7, 11) is 0. The fraction of sp³-hybridized carbons (Fsp3) is 0.200. The molecule has 0 unspecified atom stereocenters. The Kier molecular flexibility index (Phi) is 3.42. The predicted octanol–water partition coefficient (Wildman–Crippen LogP) is 2.39. The third kappa shape index (κ3) is 2.74. The van der Waals surface area contributed by atoms with Crippen LogP contribution in [-0.2, 0) is 6.42 Å². The van der Waals surface area contributed by atoms with Crippen molar-refractivity contribution in [3.63, 3.8) is 0 Å². The molecule has 2 N–H and O–H groups in total. The van der Waals surface area contributed by atoms with Gasteiger partial charge in [-0.05, 0) is 54.7 Å². The van der Waals surface area contributed by atoms with E-state index in [0.29, 0.717) is 5.69 Å². The number of nitrogens with zero attached hydrogens (tertiary/aromatic N) is 1. The van der Waals surface area contributed by atoms with E-state index in [1.54, 1.807) is 12.3 Å². The number of aryl methyl sites for hydroxylation is 2. The summed E-state index contributed by atoms with van der Waals surface area (Å²) >= 11 is 0. The minimum Gasteiger partial charge on any atom is -0.364 e. The van der Waals surface area contributed by atoms with Crippen molar-refractivity contribution >= 4 is 5.91 Å². The minimum absolute atomic E-state index is 0.316. The van der Waals surface area contributed by atoms with Gasteiger partial charge in [0, 0.05) is 6.20 Å². The van der Waals surface area contributed by atoms with Crippen LogP contribution in [0.3, 0.4) is 0 Å². The van der Waals surface area contributed by atoms with Crippen molar-refractivity contribution in [1.29, 1.82) is 0 Å². The number of carbonyl (C=O) groups excluding carboxylic acids is 1. The molecule has 0 saturated heterocycles. The Labute approximate surface area is 107 Å². The quantitative estimate of drug-likeness (QED) is 0.895. The zero-order valence-electron chi connectivity index (χ0n) is 10.6. The molecule has 0 radical (unpaired) electrons. The molecule has 2 aromatic rings. The molecule has 92 valence electrons. The van der Waals surface area contributed by atoms with Crippen molar-refractivity contribution < 1.29 is 4.79 Å². The molecule has 0 atom stereocenters. The molecule has 3 nitrogen and oxygen atoms in total. The summed E-state index contributed by atoms with van der Waals surface area (Å²) in [5, 5.41) is 0. The molecular weight excluding hydrogens is 224 g/mol. The monoisotopic (exact) mass is 240 g/mol. The second-order valence-electron chi connectivity index (χ2n) is 4.51. The fourth-order valence-corrected chi connectivity index (χ4v) is 1.87. The van der Waals surface area contributed by atoms with E-state index in [1.807, 2.05) is 6.07 Å². The van der Waals surface area contributed by atoms with Crippen LogP contribution in [0.25, 0.3) is 0 Å². The van der Waals surface area contributed by atoms with E-state index in [4.69, 9.17) is 5.73 Å². The van der Waals surface area contributed by atoms with Gasteiger partial charge in [-0.25, -0.2) is 0 Å². The second-order valence-corrected chi connectivity index (χ2v) is 4.51. The number of aromatic nitrogens is 1. The molecule has 18 heavy (non-hydrogen) atoms. The van der Waals surface area contributed by atoms with Crippen LogP contribution < -0.4 is 5.73 Å². The number of hydrogen-bond donors (Lipinski definition) is 1. The van der Waals surface area contributed by atoms with Gasteiger partial charge in [-0.15, -0.1) is 0 Å². The van der Waals surface area contributed by atoms with Crippen LogP contribution in [0.15, 0.2) is 36.5 Å². The van der Waals surface area contributed by atoms with Crippen molar-refractivity contribution in [1.82, 2.24) is 4.98 Å². The Bertz CT molecular complexity index is 591. The Morgan fingerprint density at radius 1 is 1.11 bits per heavy atom. The van der Waals surface area contributed by atoms with Gasteiger partial charge in [0.25, 0.3) is 5.91 Å². The van der Waals surface area contributed by atoms with Crippen LogP contribution in [-0.4, -0.2) is 10.9 Å². The van der Waals surface area contributed by atoms with E-state index in [9.17, 15) is 4.79 Å². The standard InChI is InChI=1S/C15H16N2O/c1-10-3-4-12(7-11(10)2)8-13-5-6-17-14(9-13)15(16)18/h3-7,9H,8H2,1-2H3,(H2,16,18). The molecular formula is C15H16N2O. The summed E-state index contributed by atoms with van der Waals surface area (Å²) in [6.07, 6.45) is 2.40. The zero-order valence-corrected chi connectivity index (χ0v) is 10.6. The summed E-state index contributed by atoms with van der Waals surface area (Å²) in [5.41, 5.74) is 10.4. The van der Waals surface area contributed by atoms with Gasteiger partial charge in [-0.2, -0.15) is 0 Å². The maximum absolute atomic E-state index is 11.1. The number of rotatable bonds is 3. The zero-order chi connectivity index (χ0) is 13.1. The first-order chi connectivity index (χ1) is 8.56. The molecule has 3 heteroatoms. The summed E-state index contributed by atoms with van der Waals surface area (Å²) in [6, 6.07) is 10.0. The first-order valence-electron chi connectivity index (χ1n) is 5.87. The second kappa shape index (κ2) is 5.00. The third-order valence-corrected chi connectivity index (χ3v) is 3.06. The Balaban J connectivity index is 2.25. The van der Waals surface area contributed by atoms with Crippen LogP contribution in [0.1, 0.15) is 32.7 Å². The fourth-order valence-electron chi connectivity index (χ4n) is 1.87. The van der Waals surface area contributed by atoms with Crippen molar-refractivity contribution in [3.05, 3.63) is 64.5 Å². The van der Waals surface area contributed by atoms with Gasteiger partial charge < -0.3 is 5.73 Å². The first-order valence-corrected chi connectivity index (χ1v) is 5.87. The molecule has 0 spiro atoms. The number of carbonyl (C=O) groups is 1. The molecule has 2 rings (SSSR count). The largest absolute Gasteiger partial charge is 0.364 e. The number of amides is 1. The highest BCUT2D eigenvalue weighted by Crippen LogP contribution is 2.14. The smallest absolute Gasteiger partial charge is 0.267 e. The number of benzene rings is 1. The maximum Gasteiger partial charge on any atom is 0.267 e. The summed E-state index contributed by atoms with van der Waals surface area (Å²) in [5.74, 6) is -0.489. The third-order valence-electron chi connectivity index (χ3n) is 3.06. The van der Waals surface area contributed by atoms with E-state index in [-0.39, 0.29) is 0 Å². The molecule has 1 aromatic heterocycles. The van der Waals surface area contributed by atoms with Crippen molar-refractivity contribution in [2.24, 2.45) is 5.73 Å². The molecule has 1 amide bonds. The molecule has 1 aromatic carbocycles. The lowest BCUT2D eigenvalue weighted by Crippen LogP contribution is -2.13. The molecule has 0 saturated carbocycles. The van der Waals surface area contributed by atoms with Crippen molar-refractivity contribution in [3.8, 4) is 0 Å². The highest BCUT2D eigenvalue weighted by Gasteiger charge is 2.04. The first kappa shape index (κ1) is 12.3. The van der Waals surface area contributed by atoms with E-state index in [1.165, 1.54) is 16.7 Å². The molecule has 1 heterocycles. The van der Waals surface area contributed by atoms with Crippen LogP contribution in [0.5, 0.6) is 0 Å². The maximum atomic E-state index is 11.1. The Morgan fingerprint density at radius 2 is 1.83 bits per heavy atom. The van der Waals surface area contributed by atoms with Gasteiger partial charge in [0.1, 0.15) is 5.69 Å². The normalized spacial score (nSPS) is 10.3. The molecule has 0 aliphatic rings. The predicted molar refractivity (Wildman–Crippen MR) is 71.5 cm³/mol. The summed E-state index contributed by atoms with van der Waals surface area (Å²) < 4.78 is 0. The van der Waals surface area contributed by atoms with Crippen LogP contribution in [0.4, 0.5) is 0 Å². The van der Waals surface area contributed by atoms with Gasteiger partial charge >= 0.3 is 0 Å².